The van der Waals surface area contributed by atoms with Crippen LogP contribution in [-0.4, -0.2) is 38.0 Å². The minimum atomic E-state index is -0.481. The van der Waals surface area contributed by atoms with Crippen LogP contribution in [0.4, 0.5) is 10.0 Å². The van der Waals surface area contributed by atoms with Gasteiger partial charge in [-0.2, -0.15) is 0 Å². The van der Waals surface area contributed by atoms with E-state index in [4.69, 9.17) is 9.47 Å². The first-order chi connectivity index (χ1) is 16.6. The molecule has 0 fully saturated rings. The average molecular weight is 523 g/mol. The van der Waals surface area contributed by atoms with Crippen molar-refractivity contribution < 1.29 is 28.7 Å². The van der Waals surface area contributed by atoms with Crippen molar-refractivity contribution in [1.29, 1.82) is 0 Å². The normalized spacial score (nSPS) is 11.0. The SMILES string of the molecule is COC(=O)c1c(CC(C)C)csc1NC(=O)CCCC(=O)Nc1scc(CC(C)C)c1C(=O)OC. The molecule has 10 heteroatoms. The Morgan fingerprint density at radius 3 is 1.43 bits per heavy atom. The van der Waals surface area contributed by atoms with Crippen LogP contribution < -0.4 is 10.6 Å². The van der Waals surface area contributed by atoms with Gasteiger partial charge in [-0.25, -0.2) is 9.59 Å². The van der Waals surface area contributed by atoms with Crippen LogP contribution in [0, 0.1) is 11.8 Å². The molecule has 0 spiro atoms. The number of hydrogen-bond donors (Lipinski definition) is 2. The smallest absolute Gasteiger partial charge is 0.341 e. The topological polar surface area (TPSA) is 111 Å². The third-order valence-corrected chi connectivity index (χ3v) is 6.97. The molecule has 35 heavy (non-hydrogen) atoms. The Kier molecular flexibility index (Phi) is 10.9. The quantitative estimate of drug-likeness (QED) is 0.355. The van der Waals surface area contributed by atoms with Crippen LogP contribution >= 0.6 is 22.7 Å². The summed E-state index contributed by atoms with van der Waals surface area (Å²) in [6, 6.07) is 0. The fourth-order valence-electron chi connectivity index (χ4n) is 3.59. The molecule has 0 aliphatic rings. The predicted molar refractivity (Wildman–Crippen MR) is 140 cm³/mol. The van der Waals surface area contributed by atoms with Crippen LogP contribution in [0.15, 0.2) is 10.8 Å². The number of methoxy groups -OCH3 is 2. The standard InChI is InChI=1S/C25H34N2O6S2/c1-14(2)10-16-12-34-22(20(16)24(30)32-5)26-18(28)8-7-9-19(29)27-23-21(25(31)33-6)17(13-35-23)11-15(3)4/h12-15H,7-11H2,1-6H3,(H,26,28)(H,27,29). The predicted octanol–water partition coefficient (Wildman–Crippen LogP) is 5.53. The highest BCUT2D eigenvalue weighted by Crippen LogP contribution is 2.32. The molecule has 2 N–H and O–H groups in total. The Labute approximate surface area is 214 Å². The summed E-state index contributed by atoms with van der Waals surface area (Å²) in [4.78, 5) is 49.5. The largest absolute Gasteiger partial charge is 0.465 e. The van der Waals surface area contributed by atoms with E-state index in [1.165, 1.54) is 36.9 Å². The van der Waals surface area contributed by atoms with Crippen LogP contribution in [0.5, 0.6) is 0 Å². The fourth-order valence-corrected chi connectivity index (χ4v) is 5.55. The highest BCUT2D eigenvalue weighted by molar-refractivity contribution is 7.15. The monoisotopic (exact) mass is 522 g/mol. The van der Waals surface area contributed by atoms with E-state index in [1.54, 1.807) is 0 Å². The number of amides is 2. The van der Waals surface area contributed by atoms with E-state index in [0.717, 1.165) is 11.1 Å². The van der Waals surface area contributed by atoms with Crippen molar-refractivity contribution >= 4 is 56.4 Å². The summed E-state index contributed by atoms with van der Waals surface area (Å²) in [5, 5.41) is 10.2. The molecule has 8 nitrogen and oxygen atoms in total. The maximum atomic E-state index is 12.5. The summed E-state index contributed by atoms with van der Waals surface area (Å²) in [5.74, 6) is -0.839. The van der Waals surface area contributed by atoms with Crippen molar-refractivity contribution in [2.45, 2.75) is 59.8 Å². The number of nitrogens with one attached hydrogen (secondary N) is 2. The van der Waals surface area contributed by atoms with Crippen molar-refractivity contribution in [3.63, 3.8) is 0 Å². The molecule has 2 amide bonds. The first-order valence-corrected chi connectivity index (χ1v) is 13.3. The highest BCUT2D eigenvalue weighted by atomic mass is 32.1. The number of esters is 2. The summed E-state index contributed by atoms with van der Waals surface area (Å²) in [6.07, 6.45) is 1.93. The Bertz CT molecular complexity index is 972. The molecule has 0 saturated heterocycles. The van der Waals surface area contributed by atoms with Crippen molar-refractivity contribution in [2.75, 3.05) is 24.9 Å². The van der Waals surface area contributed by atoms with Gasteiger partial charge < -0.3 is 20.1 Å². The van der Waals surface area contributed by atoms with Gasteiger partial charge in [-0.05, 0) is 53.0 Å². The van der Waals surface area contributed by atoms with E-state index in [-0.39, 0.29) is 24.7 Å². The lowest BCUT2D eigenvalue weighted by atomic mass is 10.0. The highest BCUT2D eigenvalue weighted by Gasteiger charge is 2.23. The first kappa shape index (κ1) is 28.5. The van der Waals surface area contributed by atoms with Crippen LogP contribution in [0.25, 0.3) is 0 Å². The summed E-state index contributed by atoms with van der Waals surface area (Å²) in [6.45, 7) is 8.21. The van der Waals surface area contributed by atoms with Gasteiger partial charge in [-0.3, -0.25) is 9.59 Å². The van der Waals surface area contributed by atoms with E-state index in [0.29, 0.717) is 52.2 Å². The van der Waals surface area contributed by atoms with Crippen molar-refractivity contribution in [1.82, 2.24) is 0 Å². The molecule has 0 aliphatic carbocycles. The second-order valence-corrected chi connectivity index (χ2v) is 10.8. The lowest BCUT2D eigenvalue weighted by Gasteiger charge is -2.10. The van der Waals surface area contributed by atoms with Gasteiger partial charge in [0, 0.05) is 12.8 Å². The second-order valence-electron chi connectivity index (χ2n) is 9.06. The number of carbonyl (C=O) groups excluding carboxylic acids is 4. The van der Waals surface area contributed by atoms with E-state index in [1.807, 2.05) is 10.8 Å². The van der Waals surface area contributed by atoms with Crippen LogP contribution in [-0.2, 0) is 31.9 Å². The van der Waals surface area contributed by atoms with Gasteiger partial charge in [-0.1, -0.05) is 27.7 Å². The van der Waals surface area contributed by atoms with Gasteiger partial charge >= 0.3 is 11.9 Å². The molecule has 2 aromatic rings. The Morgan fingerprint density at radius 2 is 1.11 bits per heavy atom. The number of anilines is 2. The minimum Gasteiger partial charge on any atom is -0.465 e. The summed E-state index contributed by atoms with van der Waals surface area (Å²) >= 11 is 2.58. The van der Waals surface area contributed by atoms with Crippen LogP contribution in [0.3, 0.4) is 0 Å². The molecule has 0 aliphatic heterocycles. The second kappa shape index (κ2) is 13.4. The third-order valence-electron chi connectivity index (χ3n) is 5.08. The lowest BCUT2D eigenvalue weighted by Crippen LogP contribution is -2.17. The Morgan fingerprint density at radius 1 is 0.743 bits per heavy atom. The van der Waals surface area contributed by atoms with Gasteiger partial charge in [0.05, 0.1) is 25.3 Å². The van der Waals surface area contributed by atoms with Crippen LogP contribution in [0.1, 0.15) is 78.8 Å². The number of thiophene rings is 2. The maximum Gasteiger partial charge on any atom is 0.341 e. The summed E-state index contributed by atoms with van der Waals surface area (Å²) < 4.78 is 9.79. The molecular formula is C25H34N2O6S2. The molecule has 2 aromatic heterocycles. The number of ether oxygens (including phenoxy) is 2. The fraction of sp³-hybridized carbons (Fsp3) is 0.520. The van der Waals surface area contributed by atoms with Gasteiger partial charge in [-0.15, -0.1) is 22.7 Å². The number of rotatable bonds is 12. The maximum absolute atomic E-state index is 12.5. The van der Waals surface area contributed by atoms with Gasteiger partial charge in [0.25, 0.3) is 0 Å². The summed E-state index contributed by atoms with van der Waals surface area (Å²) in [5.41, 5.74) is 2.48. The minimum absolute atomic E-state index is 0.109. The molecule has 0 unspecified atom stereocenters. The molecule has 2 rings (SSSR count). The molecule has 0 atom stereocenters. The van der Waals surface area contributed by atoms with Crippen molar-refractivity contribution in [2.24, 2.45) is 11.8 Å². The zero-order valence-corrected chi connectivity index (χ0v) is 22.7. The first-order valence-electron chi connectivity index (χ1n) is 11.5. The lowest BCUT2D eigenvalue weighted by molar-refractivity contribution is -0.117. The zero-order chi connectivity index (χ0) is 26.1. The zero-order valence-electron chi connectivity index (χ0n) is 21.1. The average Bonchev–Trinajstić information content (AvgIpc) is 3.35. The van der Waals surface area contributed by atoms with E-state index in [9.17, 15) is 19.2 Å². The van der Waals surface area contributed by atoms with E-state index >= 15 is 0 Å². The molecule has 0 saturated carbocycles. The molecular weight excluding hydrogens is 488 g/mol. The Balaban J connectivity index is 1.95. The van der Waals surface area contributed by atoms with E-state index < -0.39 is 11.9 Å². The molecule has 192 valence electrons. The van der Waals surface area contributed by atoms with Gasteiger partial charge in [0.15, 0.2) is 0 Å². The van der Waals surface area contributed by atoms with Crippen LogP contribution in [0.2, 0.25) is 0 Å². The van der Waals surface area contributed by atoms with Crippen molar-refractivity contribution in [3.05, 3.63) is 33.0 Å². The van der Waals surface area contributed by atoms with Gasteiger partial charge in [0.2, 0.25) is 11.8 Å². The van der Waals surface area contributed by atoms with Gasteiger partial charge in [0.1, 0.15) is 10.0 Å². The summed E-state index contributed by atoms with van der Waals surface area (Å²) in [7, 11) is 2.63. The Hall–Kier alpha value is -2.72. The number of hydrogen-bond acceptors (Lipinski definition) is 8. The van der Waals surface area contributed by atoms with E-state index in [2.05, 4.69) is 38.3 Å². The van der Waals surface area contributed by atoms with Crippen molar-refractivity contribution in [3.8, 4) is 0 Å². The number of carbonyl (C=O) groups is 4. The molecule has 2 heterocycles. The molecule has 0 bridgehead atoms. The molecule has 0 aromatic carbocycles. The third kappa shape index (κ3) is 8.17. The molecule has 0 radical (unpaired) electrons.